The predicted octanol–water partition coefficient (Wildman–Crippen LogP) is 4.32. The Balaban J connectivity index is 1.25. The second kappa shape index (κ2) is 10.1. The summed E-state index contributed by atoms with van der Waals surface area (Å²) in [4.78, 5) is 53.2. The predicted molar refractivity (Wildman–Crippen MR) is 147 cm³/mol. The van der Waals surface area contributed by atoms with Gasteiger partial charge in [-0.2, -0.15) is 10.1 Å². The van der Waals surface area contributed by atoms with Gasteiger partial charge < -0.3 is 15.0 Å². The second-order valence-electron chi connectivity index (χ2n) is 11.1. The van der Waals surface area contributed by atoms with E-state index in [2.05, 4.69) is 30.1 Å². The normalized spacial score (nSPS) is 21.0. The number of amides is 2. The Morgan fingerprint density at radius 3 is 2.53 bits per heavy atom. The molecule has 3 aromatic heterocycles. The van der Waals surface area contributed by atoms with Crippen molar-refractivity contribution in [3.05, 3.63) is 60.3 Å². The van der Waals surface area contributed by atoms with Crippen molar-refractivity contribution in [2.45, 2.75) is 58.6 Å². The van der Waals surface area contributed by atoms with Gasteiger partial charge in [0.15, 0.2) is 5.78 Å². The molecular weight excluding hydrogens is 567 g/mol. The van der Waals surface area contributed by atoms with Crippen LogP contribution < -0.4 is 10.1 Å². The van der Waals surface area contributed by atoms with E-state index in [4.69, 9.17) is 0 Å². The zero-order valence-electron chi connectivity index (χ0n) is 23.3. The van der Waals surface area contributed by atoms with Crippen LogP contribution in [0, 0.1) is 12.3 Å². The Labute approximate surface area is 243 Å². The van der Waals surface area contributed by atoms with Crippen LogP contribution in [0.25, 0.3) is 22.0 Å². The fourth-order valence-electron chi connectivity index (χ4n) is 5.72. The molecule has 0 spiro atoms. The lowest BCUT2D eigenvalue weighted by Crippen LogP contribution is -2.46. The number of carbonyl (C=O) groups excluding carboxylic acids is 3. The first-order chi connectivity index (χ1) is 20.3. The molecule has 1 saturated heterocycles. The maximum absolute atomic E-state index is 13.7. The SMILES string of the molecule is CC(=O)c1nn(CC(=O)N2[C@H](C(=O)Nc3cccc(OC(F)(F)F)n3)CC3(C)C[C@@H]23)c2ccc(-c3cnc(C)nc3)cc12. The number of nitrogens with one attached hydrogen (secondary N) is 1. The summed E-state index contributed by atoms with van der Waals surface area (Å²) in [5.41, 5.74) is 2.06. The number of likely N-dealkylation sites (tertiary alicyclic amines) is 1. The van der Waals surface area contributed by atoms with E-state index in [0.29, 0.717) is 23.1 Å². The van der Waals surface area contributed by atoms with Crippen molar-refractivity contribution in [1.29, 1.82) is 0 Å². The summed E-state index contributed by atoms with van der Waals surface area (Å²) in [6.45, 7) is 4.94. The van der Waals surface area contributed by atoms with Crippen LogP contribution in [-0.4, -0.2) is 65.7 Å². The third-order valence-corrected chi connectivity index (χ3v) is 7.90. The van der Waals surface area contributed by atoms with Crippen LogP contribution in [0.4, 0.5) is 19.0 Å². The molecule has 1 unspecified atom stereocenters. The molecule has 1 aliphatic heterocycles. The van der Waals surface area contributed by atoms with Gasteiger partial charge in [0, 0.05) is 42.4 Å². The van der Waals surface area contributed by atoms with Crippen LogP contribution in [0.2, 0.25) is 0 Å². The number of aryl methyl sites for hydroxylation is 1. The average molecular weight is 594 g/mol. The first-order valence-electron chi connectivity index (χ1n) is 13.5. The van der Waals surface area contributed by atoms with Gasteiger partial charge in [0.05, 0.1) is 5.52 Å². The Morgan fingerprint density at radius 1 is 1.09 bits per heavy atom. The Morgan fingerprint density at radius 2 is 1.84 bits per heavy atom. The number of ether oxygens (including phenoxy) is 1. The molecule has 4 aromatic rings. The molecular formula is C29H26F3N7O4. The highest BCUT2D eigenvalue weighted by Crippen LogP contribution is 2.59. The number of hydrogen-bond donors (Lipinski definition) is 1. The zero-order chi connectivity index (χ0) is 30.7. The number of benzene rings is 1. The molecule has 4 heterocycles. The highest BCUT2D eigenvalue weighted by molar-refractivity contribution is 6.06. The van der Waals surface area contributed by atoms with Gasteiger partial charge in [-0.25, -0.2) is 9.97 Å². The minimum absolute atomic E-state index is 0.135. The molecule has 6 rings (SSSR count). The van der Waals surface area contributed by atoms with E-state index in [1.807, 2.05) is 19.1 Å². The number of Topliss-reactive ketones (excluding diaryl/α,β-unsaturated/α-hetero) is 1. The van der Waals surface area contributed by atoms with Crippen molar-refractivity contribution in [1.82, 2.24) is 29.6 Å². The largest absolute Gasteiger partial charge is 0.574 e. The molecule has 1 N–H and O–H groups in total. The smallest absolute Gasteiger partial charge is 0.388 e. The van der Waals surface area contributed by atoms with E-state index >= 15 is 0 Å². The molecule has 14 heteroatoms. The molecule has 222 valence electrons. The molecule has 0 radical (unpaired) electrons. The molecule has 0 bridgehead atoms. The van der Waals surface area contributed by atoms with Gasteiger partial charge in [-0.15, -0.1) is 13.2 Å². The number of fused-ring (bicyclic) bond motifs is 2. The summed E-state index contributed by atoms with van der Waals surface area (Å²) in [6, 6.07) is 7.99. The van der Waals surface area contributed by atoms with Crippen molar-refractivity contribution in [3.8, 4) is 17.0 Å². The number of nitrogens with zero attached hydrogens (tertiary/aromatic N) is 6. The van der Waals surface area contributed by atoms with Crippen molar-refractivity contribution in [2.75, 3.05) is 5.32 Å². The summed E-state index contributed by atoms with van der Waals surface area (Å²) in [6.07, 6.45) is -0.461. The van der Waals surface area contributed by atoms with Crippen molar-refractivity contribution in [2.24, 2.45) is 5.41 Å². The van der Waals surface area contributed by atoms with Gasteiger partial charge in [0.2, 0.25) is 17.7 Å². The van der Waals surface area contributed by atoms with Gasteiger partial charge in [-0.1, -0.05) is 19.1 Å². The maximum atomic E-state index is 13.7. The molecule has 1 aromatic carbocycles. The van der Waals surface area contributed by atoms with Gasteiger partial charge in [0.1, 0.15) is 29.9 Å². The number of ketones is 1. The number of anilines is 1. The molecule has 2 amide bonds. The number of carbonyl (C=O) groups is 3. The molecule has 2 aliphatic rings. The van der Waals surface area contributed by atoms with Crippen molar-refractivity contribution in [3.63, 3.8) is 0 Å². The van der Waals surface area contributed by atoms with E-state index in [9.17, 15) is 27.6 Å². The number of halogens is 3. The highest BCUT2D eigenvalue weighted by Gasteiger charge is 2.64. The second-order valence-corrected chi connectivity index (χ2v) is 11.1. The van der Waals surface area contributed by atoms with Gasteiger partial charge in [-0.3, -0.25) is 19.1 Å². The average Bonchev–Trinajstić information content (AvgIpc) is 3.30. The van der Waals surface area contributed by atoms with Gasteiger partial charge in [-0.05, 0) is 48.9 Å². The number of rotatable bonds is 7. The number of hydrogen-bond acceptors (Lipinski definition) is 8. The third kappa shape index (κ3) is 5.51. The number of piperidine rings is 1. The number of pyridine rings is 1. The van der Waals surface area contributed by atoms with E-state index in [1.165, 1.54) is 28.6 Å². The third-order valence-electron chi connectivity index (χ3n) is 7.90. The van der Waals surface area contributed by atoms with Crippen LogP contribution in [0.15, 0.2) is 48.8 Å². The lowest BCUT2D eigenvalue weighted by Gasteiger charge is -2.27. The molecule has 2 fully saturated rings. The first kappa shape index (κ1) is 28.2. The van der Waals surface area contributed by atoms with Crippen molar-refractivity contribution >= 4 is 34.3 Å². The monoisotopic (exact) mass is 593 g/mol. The standard InChI is InChI=1S/C29H26F3N7O4/c1-15(40)26-19-9-17(18-12-33-16(2)34-13-18)7-8-20(19)38(37-26)14-25(41)39-21(10-28(3)11-22(28)39)27(42)36-23-5-4-6-24(35-23)43-29(30,31)32/h4-9,12-13,21-22H,10-11,14H2,1-3H3,(H,35,36,42)/t21-,22+,28?/m0/s1. The molecule has 1 aliphatic carbocycles. The highest BCUT2D eigenvalue weighted by atomic mass is 19.4. The Kier molecular flexibility index (Phi) is 6.66. The molecule has 3 atom stereocenters. The van der Waals surface area contributed by atoms with Crippen LogP contribution in [0.1, 0.15) is 43.0 Å². The zero-order valence-corrected chi connectivity index (χ0v) is 23.3. The van der Waals surface area contributed by atoms with Crippen LogP contribution in [-0.2, 0) is 16.1 Å². The van der Waals surface area contributed by atoms with Gasteiger partial charge in [0.25, 0.3) is 0 Å². The summed E-state index contributed by atoms with van der Waals surface area (Å²) < 4.78 is 43.2. The minimum Gasteiger partial charge on any atom is -0.388 e. The Hall–Kier alpha value is -4.88. The lowest BCUT2D eigenvalue weighted by molar-refractivity contribution is -0.276. The fraction of sp³-hybridized carbons (Fsp3) is 0.345. The molecule has 1 saturated carbocycles. The van der Waals surface area contributed by atoms with E-state index < -0.39 is 24.2 Å². The quantitative estimate of drug-likeness (QED) is 0.314. The lowest BCUT2D eigenvalue weighted by atomic mass is 10.0. The van der Waals surface area contributed by atoms with Crippen LogP contribution >= 0.6 is 0 Å². The molecule has 43 heavy (non-hydrogen) atoms. The minimum atomic E-state index is -4.93. The topological polar surface area (TPSA) is 132 Å². The van der Waals surface area contributed by atoms with Crippen LogP contribution in [0.5, 0.6) is 5.88 Å². The van der Waals surface area contributed by atoms with E-state index in [0.717, 1.165) is 23.6 Å². The van der Waals surface area contributed by atoms with Crippen molar-refractivity contribution < 1.29 is 32.3 Å². The fourth-order valence-corrected chi connectivity index (χ4v) is 5.72. The van der Waals surface area contributed by atoms with Gasteiger partial charge >= 0.3 is 6.36 Å². The molecule has 11 nitrogen and oxygen atoms in total. The maximum Gasteiger partial charge on any atom is 0.574 e. The van der Waals surface area contributed by atoms with E-state index in [-0.39, 0.29) is 41.2 Å². The Bertz CT molecular complexity index is 1770. The number of aromatic nitrogens is 5. The summed E-state index contributed by atoms with van der Waals surface area (Å²) in [5.74, 6) is -1.44. The van der Waals surface area contributed by atoms with Crippen LogP contribution in [0.3, 0.4) is 0 Å². The summed E-state index contributed by atoms with van der Waals surface area (Å²) in [5, 5.41) is 7.54. The summed E-state index contributed by atoms with van der Waals surface area (Å²) in [7, 11) is 0. The first-order valence-corrected chi connectivity index (χ1v) is 13.5. The number of alkyl halides is 3. The summed E-state index contributed by atoms with van der Waals surface area (Å²) >= 11 is 0. The van der Waals surface area contributed by atoms with E-state index in [1.54, 1.807) is 25.4 Å².